The molecule has 1 aromatic rings. The minimum atomic E-state index is -4.76. The van der Waals surface area contributed by atoms with Crippen LogP contribution in [0.25, 0.3) is 0 Å². The zero-order valence-corrected chi connectivity index (χ0v) is 8.05. The van der Waals surface area contributed by atoms with E-state index in [-0.39, 0.29) is 6.61 Å². The minimum absolute atomic E-state index is 0.0160. The average Bonchev–Trinajstić information content (AvgIpc) is 2.60. The largest absolute Gasteiger partial charge is 0.461 e. The number of aromatic nitrogens is 2. The zero-order valence-electron chi connectivity index (χ0n) is 8.05. The summed E-state index contributed by atoms with van der Waals surface area (Å²) in [5.74, 6) is -1.06. The molecule has 86 valence electrons. The van der Waals surface area contributed by atoms with Crippen LogP contribution in [0.15, 0.2) is 0 Å². The summed E-state index contributed by atoms with van der Waals surface area (Å²) in [4.78, 5) is 11.1. The number of hydrogen-bond donors (Lipinski definition) is 1. The van der Waals surface area contributed by atoms with E-state index >= 15 is 0 Å². The Balaban J connectivity index is 3.21. The predicted molar refractivity (Wildman–Crippen MR) is 44.3 cm³/mol. The Kier molecular flexibility index (Phi) is 3.17. The van der Waals surface area contributed by atoms with Gasteiger partial charge in [0.2, 0.25) is 0 Å². The lowest BCUT2D eigenvalue weighted by Crippen LogP contribution is -2.10. The summed E-state index contributed by atoms with van der Waals surface area (Å²) >= 11 is 0. The van der Waals surface area contributed by atoms with Crippen molar-refractivity contribution in [1.29, 1.82) is 5.26 Å². The second-order valence-electron chi connectivity index (χ2n) is 2.65. The van der Waals surface area contributed by atoms with Crippen LogP contribution >= 0.6 is 0 Å². The molecule has 1 heterocycles. The average molecular weight is 233 g/mol. The molecule has 5 nitrogen and oxygen atoms in total. The number of nitrogens with one attached hydrogen (secondary N) is 1. The fraction of sp³-hybridized carbons (Fsp3) is 0.375. The maximum absolute atomic E-state index is 12.3. The summed E-state index contributed by atoms with van der Waals surface area (Å²) in [5.41, 5.74) is -2.86. The van der Waals surface area contributed by atoms with E-state index in [1.165, 1.54) is 13.0 Å². The van der Waals surface area contributed by atoms with Gasteiger partial charge in [0.05, 0.1) is 6.61 Å². The van der Waals surface area contributed by atoms with Gasteiger partial charge in [-0.2, -0.15) is 23.5 Å². The first-order valence-electron chi connectivity index (χ1n) is 4.14. The topological polar surface area (TPSA) is 78.8 Å². The van der Waals surface area contributed by atoms with Crippen molar-refractivity contribution in [2.45, 2.75) is 13.1 Å². The molecule has 0 bridgehead atoms. The van der Waals surface area contributed by atoms with E-state index in [2.05, 4.69) is 9.84 Å². The van der Waals surface area contributed by atoms with Gasteiger partial charge >= 0.3 is 12.1 Å². The van der Waals surface area contributed by atoms with Crippen LogP contribution in [0.1, 0.15) is 28.7 Å². The van der Waals surface area contributed by atoms with Crippen LogP contribution in [0.3, 0.4) is 0 Å². The first-order valence-corrected chi connectivity index (χ1v) is 4.14. The number of rotatable bonds is 2. The maximum Gasteiger partial charge on any atom is 0.434 e. The third kappa shape index (κ3) is 2.13. The molecule has 0 unspecified atom stereocenters. The van der Waals surface area contributed by atoms with E-state index in [4.69, 9.17) is 5.26 Å². The summed E-state index contributed by atoms with van der Waals surface area (Å²) in [6.07, 6.45) is -4.76. The van der Waals surface area contributed by atoms with Gasteiger partial charge < -0.3 is 4.74 Å². The normalized spacial score (nSPS) is 10.9. The fourth-order valence-corrected chi connectivity index (χ4v) is 1.00. The van der Waals surface area contributed by atoms with Gasteiger partial charge in [0.25, 0.3) is 0 Å². The lowest BCUT2D eigenvalue weighted by atomic mass is 10.2. The van der Waals surface area contributed by atoms with Crippen LogP contribution in [0.5, 0.6) is 0 Å². The second kappa shape index (κ2) is 4.22. The molecule has 8 heteroatoms. The summed E-state index contributed by atoms with van der Waals surface area (Å²) in [6, 6.07) is 1.28. The van der Waals surface area contributed by atoms with E-state index in [0.717, 1.165) is 0 Å². The summed E-state index contributed by atoms with van der Waals surface area (Å²) < 4.78 is 41.4. The van der Waals surface area contributed by atoms with Gasteiger partial charge in [0.1, 0.15) is 11.6 Å². The molecule has 0 spiro atoms. The van der Waals surface area contributed by atoms with Crippen LogP contribution < -0.4 is 0 Å². The van der Waals surface area contributed by atoms with Gasteiger partial charge in [-0.15, -0.1) is 0 Å². The highest BCUT2D eigenvalue weighted by Gasteiger charge is 2.39. The number of esters is 1. The number of carbonyl (C=O) groups excluding carboxylic acids is 1. The molecule has 1 N–H and O–H groups in total. The van der Waals surface area contributed by atoms with Crippen molar-refractivity contribution in [3.63, 3.8) is 0 Å². The summed E-state index contributed by atoms with van der Waals surface area (Å²) in [7, 11) is 0. The second-order valence-corrected chi connectivity index (χ2v) is 2.65. The van der Waals surface area contributed by atoms with Crippen molar-refractivity contribution in [2.24, 2.45) is 0 Å². The van der Waals surface area contributed by atoms with Gasteiger partial charge in [-0.25, -0.2) is 4.79 Å². The highest BCUT2D eigenvalue weighted by atomic mass is 19.4. The molecule has 0 aromatic carbocycles. The molecule has 0 radical (unpaired) electrons. The van der Waals surface area contributed by atoms with Gasteiger partial charge in [0.15, 0.2) is 11.4 Å². The lowest BCUT2D eigenvalue weighted by Gasteiger charge is -2.02. The van der Waals surface area contributed by atoms with E-state index < -0.39 is 29.1 Å². The molecular formula is C8H6F3N3O2. The van der Waals surface area contributed by atoms with Gasteiger partial charge in [0, 0.05) is 0 Å². The van der Waals surface area contributed by atoms with E-state index in [9.17, 15) is 18.0 Å². The molecule has 0 aliphatic rings. The van der Waals surface area contributed by atoms with Crippen LogP contribution in [-0.2, 0) is 10.9 Å². The lowest BCUT2D eigenvalue weighted by molar-refractivity contribution is -0.141. The molecule has 1 aromatic heterocycles. The fourth-order valence-electron chi connectivity index (χ4n) is 1.00. The zero-order chi connectivity index (χ0) is 12.3. The third-order valence-corrected chi connectivity index (χ3v) is 1.63. The standard InChI is InChI=1S/C8H6F3N3O2/c1-2-16-7(15)5-4(3-12)6(14-13-5)8(9,10)11/h2H2,1H3,(H,13,14). The molecular weight excluding hydrogens is 227 g/mol. The van der Waals surface area contributed by atoms with E-state index in [1.54, 1.807) is 5.10 Å². The summed E-state index contributed by atoms with van der Waals surface area (Å²) in [5, 5.41) is 13.3. The predicted octanol–water partition coefficient (Wildman–Crippen LogP) is 1.48. The van der Waals surface area contributed by atoms with Crippen LogP contribution in [0, 0.1) is 11.3 Å². The molecule has 16 heavy (non-hydrogen) atoms. The van der Waals surface area contributed by atoms with Gasteiger partial charge in [-0.3, -0.25) is 5.10 Å². The number of nitrogens with zero attached hydrogens (tertiary/aromatic N) is 2. The number of aromatic amines is 1. The van der Waals surface area contributed by atoms with Crippen LogP contribution in [0.2, 0.25) is 0 Å². The smallest absolute Gasteiger partial charge is 0.434 e. The van der Waals surface area contributed by atoms with Crippen LogP contribution in [-0.4, -0.2) is 22.8 Å². The Morgan fingerprint density at radius 2 is 2.25 bits per heavy atom. The first-order chi connectivity index (χ1) is 7.41. The molecule has 1 rings (SSSR count). The number of H-pyrrole nitrogens is 1. The van der Waals surface area contributed by atoms with Crippen molar-refractivity contribution < 1.29 is 22.7 Å². The first kappa shape index (κ1) is 12.0. The third-order valence-electron chi connectivity index (χ3n) is 1.63. The monoisotopic (exact) mass is 233 g/mol. The molecule has 0 saturated carbocycles. The van der Waals surface area contributed by atoms with Crippen molar-refractivity contribution in [1.82, 2.24) is 10.2 Å². The van der Waals surface area contributed by atoms with Crippen molar-refractivity contribution in [2.75, 3.05) is 6.61 Å². The molecule has 0 atom stereocenters. The number of halogens is 3. The molecule has 0 saturated heterocycles. The quantitative estimate of drug-likeness (QED) is 0.784. The maximum atomic E-state index is 12.3. The molecule has 0 fully saturated rings. The highest BCUT2D eigenvalue weighted by molar-refractivity contribution is 5.90. The highest BCUT2D eigenvalue weighted by Crippen LogP contribution is 2.31. The molecule has 0 amide bonds. The van der Waals surface area contributed by atoms with Gasteiger partial charge in [-0.1, -0.05) is 0 Å². The Morgan fingerprint density at radius 1 is 1.62 bits per heavy atom. The van der Waals surface area contributed by atoms with Crippen molar-refractivity contribution in [3.05, 3.63) is 17.0 Å². The number of carbonyl (C=O) groups is 1. The number of hydrogen-bond acceptors (Lipinski definition) is 4. The summed E-state index contributed by atoms with van der Waals surface area (Å²) in [6.45, 7) is 1.47. The minimum Gasteiger partial charge on any atom is -0.461 e. The Hall–Kier alpha value is -2.04. The Bertz CT molecular complexity index is 444. The van der Waals surface area contributed by atoms with Gasteiger partial charge in [-0.05, 0) is 6.92 Å². The molecule has 0 aliphatic heterocycles. The van der Waals surface area contributed by atoms with E-state index in [0.29, 0.717) is 0 Å². The Labute approximate surface area is 87.8 Å². The SMILES string of the molecule is CCOC(=O)c1n[nH]c(C(F)(F)F)c1C#N. The van der Waals surface area contributed by atoms with Crippen LogP contribution in [0.4, 0.5) is 13.2 Å². The molecule has 0 aliphatic carbocycles. The number of ether oxygens (including phenoxy) is 1. The van der Waals surface area contributed by atoms with Crippen molar-refractivity contribution >= 4 is 5.97 Å². The Morgan fingerprint density at radius 3 is 2.69 bits per heavy atom. The number of nitriles is 1. The van der Waals surface area contributed by atoms with E-state index in [1.807, 2.05) is 0 Å². The number of alkyl halides is 3. The van der Waals surface area contributed by atoms with Crippen molar-refractivity contribution in [3.8, 4) is 6.07 Å².